The zero-order valence-electron chi connectivity index (χ0n) is 16.5. The summed E-state index contributed by atoms with van der Waals surface area (Å²) in [6, 6.07) is 18.9. The summed E-state index contributed by atoms with van der Waals surface area (Å²) in [7, 11) is 6.96. The van der Waals surface area contributed by atoms with Crippen molar-refractivity contribution in [2.75, 3.05) is 21.3 Å². The molecule has 28 heavy (non-hydrogen) atoms. The minimum atomic E-state index is 0.597. The van der Waals surface area contributed by atoms with Crippen LogP contribution in [0.2, 0.25) is 0 Å². The zero-order chi connectivity index (χ0) is 19.7. The second-order valence-electron chi connectivity index (χ2n) is 6.64. The Labute approximate surface area is 164 Å². The first-order valence-corrected chi connectivity index (χ1v) is 9.11. The molecule has 4 nitrogen and oxygen atoms in total. The average Bonchev–Trinajstić information content (AvgIpc) is 3.03. The fourth-order valence-electron chi connectivity index (χ4n) is 3.68. The highest BCUT2D eigenvalue weighted by Gasteiger charge is 2.12. The highest BCUT2D eigenvalue weighted by molar-refractivity contribution is 6.08. The predicted molar refractivity (Wildman–Crippen MR) is 115 cm³/mol. The molecule has 4 heteroatoms. The normalized spacial score (nSPS) is 11.4. The van der Waals surface area contributed by atoms with Gasteiger partial charge in [-0.1, -0.05) is 36.4 Å². The Hall–Kier alpha value is -3.40. The van der Waals surface area contributed by atoms with Crippen molar-refractivity contribution in [1.29, 1.82) is 0 Å². The quantitative estimate of drug-likeness (QED) is 0.431. The number of hydrogen-bond acceptors (Lipinski definition) is 3. The first-order valence-electron chi connectivity index (χ1n) is 9.11. The number of ether oxygens (including phenoxy) is 3. The number of hydrogen-bond donors (Lipinski definition) is 0. The lowest BCUT2D eigenvalue weighted by Gasteiger charge is -2.12. The molecule has 0 aliphatic heterocycles. The molecule has 0 aliphatic rings. The van der Waals surface area contributed by atoms with Crippen LogP contribution in [0.25, 0.3) is 34.0 Å². The van der Waals surface area contributed by atoms with E-state index >= 15 is 0 Å². The fraction of sp³-hybridized carbons (Fsp3) is 0.167. The van der Waals surface area contributed by atoms with Crippen LogP contribution in [0.15, 0.2) is 54.6 Å². The monoisotopic (exact) mass is 373 g/mol. The van der Waals surface area contributed by atoms with Gasteiger partial charge in [0.1, 0.15) is 0 Å². The third kappa shape index (κ3) is 2.97. The molecule has 0 radical (unpaired) electrons. The van der Waals surface area contributed by atoms with E-state index in [9.17, 15) is 0 Å². The molecule has 0 unspecified atom stereocenters. The summed E-state index contributed by atoms with van der Waals surface area (Å²) >= 11 is 0. The number of fused-ring (bicyclic) bond motifs is 3. The van der Waals surface area contributed by atoms with Crippen LogP contribution in [0, 0.1) is 0 Å². The van der Waals surface area contributed by atoms with Crippen molar-refractivity contribution in [2.45, 2.75) is 0 Å². The van der Waals surface area contributed by atoms with E-state index in [0.717, 1.165) is 11.1 Å². The number of nitrogens with zero attached hydrogens (tertiary/aromatic N) is 1. The van der Waals surface area contributed by atoms with Crippen LogP contribution in [0.3, 0.4) is 0 Å². The van der Waals surface area contributed by atoms with E-state index in [1.807, 2.05) is 12.1 Å². The number of aryl methyl sites for hydroxylation is 1. The number of rotatable bonds is 5. The van der Waals surface area contributed by atoms with Gasteiger partial charge in [0.05, 0.1) is 21.3 Å². The SMILES string of the molecule is COc1cc(/C=C/c2ccc3c(c2)c2ccccc2n3C)cc(OC)c1OC. The van der Waals surface area contributed by atoms with Gasteiger partial charge in [0, 0.05) is 28.9 Å². The lowest BCUT2D eigenvalue weighted by molar-refractivity contribution is 0.324. The van der Waals surface area contributed by atoms with Crippen molar-refractivity contribution in [3.8, 4) is 17.2 Å². The number of aromatic nitrogens is 1. The lowest BCUT2D eigenvalue weighted by atomic mass is 10.1. The Morgan fingerprint density at radius 1 is 0.679 bits per heavy atom. The maximum absolute atomic E-state index is 5.44. The van der Waals surface area contributed by atoms with Crippen LogP contribution >= 0.6 is 0 Å². The summed E-state index contributed by atoms with van der Waals surface area (Å²) in [6.45, 7) is 0. The summed E-state index contributed by atoms with van der Waals surface area (Å²) in [5.74, 6) is 1.89. The molecular formula is C24H23NO3. The van der Waals surface area contributed by atoms with Crippen molar-refractivity contribution in [3.05, 3.63) is 65.7 Å². The largest absolute Gasteiger partial charge is 0.493 e. The molecule has 4 aromatic rings. The smallest absolute Gasteiger partial charge is 0.203 e. The van der Waals surface area contributed by atoms with Gasteiger partial charge in [-0.25, -0.2) is 0 Å². The minimum Gasteiger partial charge on any atom is -0.493 e. The van der Waals surface area contributed by atoms with Crippen LogP contribution in [0.4, 0.5) is 0 Å². The van der Waals surface area contributed by atoms with Crippen molar-refractivity contribution < 1.29 is 14.2 Å². The average molecular weight is 373 g/mol. The van der Waals surface area contributed by atoms with Crippen LogP contribution in [0.5, 0.6) is 17.2 Å². The van der Waals surface area contributed by atoms with E-state index in [1.54, 1.807) is 21.3 Å². The van der Waals surface area contributed by atoms with Gasteiger partial charge >= 0.3 is 0 Å². The van der Waals surface area contributed by atoms with E-state index in [4.69, 9.17) is 14.2 Å². The summed E-state index contributed by atoms with van der Waals surface area (Å²) in [6.07, 6.45) is 4.15. The fourth-order valence-corrected chi connectivity index (χ4v) is 3.68. The molecule has 4 rings (SSSR count). The molecule has 0 atom stereocenters. The third-order valence-electron chi connectivity index (χ3n) is 5.09. The highest BCUT2D eigenvalue weighted by Crippen LogP contribution is 2.38. The maximum Gasteiger partial charge on any atom is 0.203 e. The van der Waals surface area contributed by atoms with E-state index in [-0.39, 0.29) is 0 Å². The summed E-state index contributed by atoms with van der Waals surface area (Å²) in [5.41, 5.74) is 4.58. The zero-order valence-corrected chi connectivity index (χ0v) is 16.5. The minimum absolute atomic E-state index is 0.597. The molecule has 0 N–H and O–H groups in total. The van der Waals surface area contributed by atoms with Crippen LogP contribution < -0.4 is 14.2 Å². The first kappa shape index (κ1) is 18.0. The summed E-state index contributed by atoms with van der Waals surface area (Å²) in [4.78, 5) is 0. The summed E-state index contributed by atoms with van der Waals surface area (Å²) in [5, 5.41) is 2.52. The topological polar surface area (TPSA) is 32.6 Å². The van der Waals surface area contributed by atoms with E-state index in [2.05, 4.69) is 66.2 Å². The van der Waals surface area contributed by atoms with Gasteiger partial charge in [-0.2, -0.15) is 0 Å². The van der Waals surface area contributed by atoms with Crippen molar-refractivity contribution in [2.24, 2.45) is 7.05 Å². The lowest BCUT2D eigenvalue weighted by Crippen LogP contribution is -1.95. The highest BCUT2D eigenvalue weighted by atomic mass is 16.5. The number of para-hydroxylation sites is 1. The number of methoxy groups -OCH3 is 3. The van der Waals surface area contributed by atoms with Gasteiger partial charge in [-0.15, -0.1) is 0 Å². The van der Waals surface area contributed by atoms with Gasteiger partial charge in [0.2, 0.25) is 5.75 Å². The Bertz CT molecular complexity index is 1160. The molecule has 0 fully saturated rings. The van der Waals surface area contributed by atoms with Gasteiger partial charge in [-0.05, 0) is 41.5 Å². The molecule has 0 aliphatic carbocycles. The van der Waals surface area contributed by atoms with E-state index < -0.39 is 0 Å². The number of benzene rings is 3. The second kappa shape index (κ2) is 7.31. The van der Waals surface area contributed by atoms with Crippen molar-refractivity contribution >= 4 is 34.0 Å². The Morgan fingerprint density at radius 2 is 1.32 bits per heavy atom. The molecule has 1 aromatic heterocycles. The molecule has 0 amide bonds. The van der Waals surface area contributed by atoms with E-state index in [0.29, 0.717) is 17.2 Å². The van der Waals surface area contributed by atoms with Gasteiger partial charge < -0.3 is 18.8 Å². The first-order chi connectivity index (χ1) is 13.7. The van der Waals surface area contributed by atoms with Gasteiger partial charge in [-0.3, -0.25) is 0 Å². The van der Waals surface area contributed by atoms with Crippen LogP contribution in [0.1, 0.15) is 11.1 Å². The molecule has 0 spiro atoms. The molecule has 142 valence electrons. The van der Waals surface area contributed by atoms with Crippen LogP contribution in [-0.4, -0.2) is 25.9 Å². The molecule has 0 saturated heterocycles. The second-order valence-corrected chi connectivity index (χ2v) is 6.64. The van der Waals surface area contributed by atoms with Crippen molar-refractivity contribution in [1.82, 2.24) is 4.57 Å². The summed E-state index contributed by atoms with van der Waals surface area (Å²) < 4.78 is 18.5. The Kier molecular flexibility index (Phi) is 4.70. The third-order valence-corrected chi connectivity index (χ3v) is 5.09. The predicted octanol–water partition coefficient (Wildman–Crippen LogP) is 5.53. The van der Waals surface area contributed by atoms with Crippen LogP contribution in [-0.2, 0) is 7.05 Å². The Morgan fingerprint density at radius 3 is 2.00 bits per heavy atom. The Balaban J connectivity index is 1.76. The van der Waals surface area contributed by atoms with Crippen molar-refractivity contribution in [3.63, 3.8) is 0 Å². The molecule has 3 aromatic carbocycles. The van der Waals surface area contributed by atoms with Gasteiger partial charge in [0.15, 0.2) is 11.5 Å². The maximum atomic E-state index is 5.44. The molecule has 1 heterocycles. The van der Waals surface area contributed by atoms with E-state index in [1.165, 1.54) is 21.8 Å². The standard InChI is InChI=1S/C24H23NO3/c1-25-20-8-6-5-7-18(20)19-13-16(11-12-21(19)25)9-10-17-14-22(26-2)24(28-4)23(15-17)27-3/h5-15H,1-4H3/b10-9+. The van der Waals surface area contributed by atoms with Gasteiger partial charge in [0.25, 0.3) is 0 Å². The molecular weight excluding hydrogens is 350 g/mol. The molecule has 0 bridgehead atoms. The molecule has 0 saturated carbocycles.